The van der Waals surface area contributed by atoms with Crippen molar-refractivity contribution in [2.24, 2.45) is 12.8 Å². The molecule has 1 aromatic heterocycles. The van der Waals surface area contributed by atoms with Crippen LogP contribution in [0, 0.1) is 0 Å². The highest BCUT2D eigenvalue weighted by molar-refractivity contribution is 5.24. The third kappa shape index (κ3) is 1.87. The van der Waals surface area contributed by atoms with Crippen LogP contribution in [-0.4, -0.2) is 9.78 Å². The van der Waals surface area contributed by atoms with Gasteiger partial charge in [0.1, 0.15) is 0 Å². The zero-order valence-electron chi connectivity index (χ0n) is 8.61. The molecule has 0 amide bonds. The van der Waals surface area contributed by atoms with E-state index in [1.165, 1.54) is 24.8 Å². The molecule has 2 rings (SSSR count). The molecule has 0 saturated carbocycles. The lowest BCUT2D eigenvalue weighted by molar-refractivity contribution is 0.648. The van der Waals surface area contributed by atoms with Crippen LogP contribution >= 0.6 is 0 Å². The number of aryl methyl sites for hydroxylation is 1. The molecular formula is C11H17N3. The van der Waals surface area contributed by atoms with Crippen molar-refractivity contribution >= 4 is 0 Å². The number of rotatable bonds is 2. The molecule has 1 aliphatic rings. The van der Waals surface area contributed by atoms with Gasteiger partial charge in [0.15, 0.2) is 0 Å². The van der Waals surface area contributed by atoms with E-state index in [0.29, 0.717) is 0 Å². The van der Waals surface area contributed by atoms with Crippen LogP contribution in [0.25, 0.3) is 0 Å². The van der Waals surface area contributed by atoms with Crippen LogP contribution in [0.5, 0.6) is 0 Å². The molecule has 0 aromatic carbocycles. The maximum atomic E-state index is 6.16. The molecule has 1 unspecified atom stereocenters. The Kier molecular flexibility index (Phi) is 2.68. The summed E-state index contributed by atoms with van der Waals surface area (Å²) in [4.78, 5) is 0. The Morgan fingerprint density at radius 3 is 2.93 bits per heavy atom. The Morgan fingerprint density at radius 2 is 2.36 bits per heavy atom. The van der Waals surface area contributed by atoms with Crippen molar-refractivity contribution in [1.82, 2.24) is 9.78 Å². The minimum Gasteiger partial charge on any atom is -0.320 e. The predicted molar refractivity (Wildman–Crippen MR) is 56.7 cm³/mol. The molecule has 3 heteroatoms. The number of nitrogens with two attached hydrogens (primary N) is 1. The Balaban J connectivity index is 2.14. The number of allylic oxidation sites excluding steroid dienone is 1. The molecule has 0 fully saturated rings. The molecule has 0 bridgehead atoms. The summed E-state index contributed by atoms with van der Waals surface area (Å²) in [7, 11) is 1.92. The Morgan fingerprint density at radius 1 is 1.50 bits per heavy atom. The van der Waals surface area contributed by atoms with Gasteiger partial charge in [-0.15, -0.1) is 0 Å². The van der Waals surface area contributed by atoms with Gasteiger partial charge in [-0.1, -0.05) is 11.6 Å². The van der Waals surface area contributed by atoms with Crippen LogP contribution in [0.15, 0.2) is 24.0 Å². The second-order valence-corrected chi connectivity index (χ2v) is 3.95. The van der Waals surface area contributed by atoms with Crippen molar-refractivity contribution in [2.75, 3.05) is 0 Å². The minimum atomic E-state index is 0.0593. The van der Waals surface area contributed by atoms with Crippen molar-refractivity contribution in [3.05, 3.63) is 29.6 Å². The fourth-order valence-electron chi connectivity index (χ4n) is 1.96. The summed E-state index contributed by atoms with van der Waals surface area (Å²) < 4.78 is 1.80. The van der Waals surface area contributed by atoms with E-state index >= 15 is 0 Å². The number of nitrogens with zero attached hydrogens (tertiary/aromatic N) is 2. The van der Waals surface area contributed by atoms with E-state index in [1.807, 2.05) is 19.4 Å². The van der Waals surface area contributed by atoms with Crippen LogP contribution in [0.4, 0.5) is 0 Å². The predicted octanol–water partition coefficient (Wildman–Crippen LogP) is 1.92. The number of hydrogen-bond donors (Lipinski definition) is 1. The third-order valence-electron chi connectivity index (χ3n) is 2.81. The summed E-state index contributed by atoms with van der Waals surface area (Å²) >= 11 is 0. The van der Waals surface area contributed by atoms with Gasteiger partial charge in [-0.3, -0.25) is 4.68 Å². The minimum absolute atomic E-state index is 0.0593. The van der Waals surface area contributed by atoms with Crippen LogP contribution in [0.1, 0.15) is 37.3 Å². The first-order valence-electron chi connectivity index (χ1n) is 5.20. The summed E-state index contributed by atoms with van der Waals surface area (Å²) in [5, 5.41) is 4.14. The van der Waals surface area contributed by atoms with Crippen molar-refractivity contribution in [1.29, 1.82) is 0 Å². The molecule has 0 aliphatic heterocycles. The lowest BCUT2D eigenvalue weighted by atomic mass is 9.92. The van der Waals surface area contributed by atoms with Crippen LogP contribution < -0.4 is 5.73 Å². The smallest absolute Gasteiger partial charge is 0.0542 e. The molecule has 1 aliphatic carbocycles. The molecule has 1 aromatic rings. The summed E-state index contributed by atoms with van der Waals surface area (Å²) in [6, 6.07) is 0.0593. The molecule has 1 heterocycles. The van der Waals surface area contributed by atoms with Gasteiger partial charge in [-0.2, -0.15) is 5.10 Å². The zero-order valence-corrected chi connectivity index (χ0v) is 8.61. The second kappa shape index (κ2) is 3.96. The van der Waals surface area contributed by atoms with Gasteiger partial charge in [0.25, 0.3) is 0 Å². The fourth-order valence-corrected chi connectivity index (χ4v) is 1.96. The lowest BCUT2D eigenvalue weighted by Crippen LogP contribution is -2.14. The lowest BCUT2D eigenvalue weighted by Gasteiger charge is -2.18. The molecule has 0 radical (unpaired) electrons. The van der Waals surface area contributed by atoms with Crippen LogP contribution in [-0.2, 0) is 7.05 Å². The fraction of sp³-hybridized carbons (Fsp3) is 0.545. The maximum absolute atomic E-state index is 6.16. The molecule has 76 valence electrons. The van der Waals surface area contributed by atoms with E-state index in [9.17, 15) is 0 Å². The third-order valence-corrected chi connectivity index (χ3v) is 2.81. The van der Waals surface area contributed by atoms with Crippen LogP contribution in [0.2, 0.25) is 0 Å². The summed E-state index contributed by atoms with van der Waals surface area (Å²) in [5.41, 5.74) is 8.67. The number of aromatic nitrogens is 2. The average Bonchev–Trinajstić information content (AvgIpc) is 2.65. The first kappa shape index (κ1) is 9.46. The van der Waals surface area contributed by atoms with E-state index in [4.69, 9.17) is 5.73 Å². The second-order valence-electron chi connectivity index (χ2n) is 3.95. The highest BCUT2D eigenvalue weighted by atomic mass is 15.2. The van der Waals surface area contributed by atoms with Gasteiger partial charge < -0.3 is 5.73 Å². The quantitative estimate of drug-likeness (QED) is 0.726. The van der Waals surface area contributed by atoms with Gasteiger partial charge in [0, 0.05) is 18.8 Å². The zero-order chi connectivity index (χ0) is 9.97. The van der Waals surface area contributed by atoms with Crippen molar-refractivity contribution in [3.8, 4) is 0 Å². The van der Waals surface area contributed by atoms with Crippen LogP contribution in [0.3, 0.4) is 0 Å². The van der Waals surface area contributed by atoms with Crippen molar-refractivity contribution < 1.29 is 0 Å². The van der Waals surface area contributed by atoms with E-state index in [1.54, 1.807) is 4.68 Å². The van der Waals surface area contributed by atoms with Crippen molar-refractivity contribution in [2.45, 2.75) is 31.7 Å². The largest absolute Gasteiger partial charge is 0.320 e. The van der Waals surface area contributed by atoms with Crippen molar-refractivity contribution in [3.63, 3.8) is 0 Å². The Hall–Kier alpha value is -1.09. The monoisotopic (exact) mass is 191 g/mol. The molecule has 3 nitrogen and oxygen atoms in total. The molecular weight excluding hydrogens is 174 g/mol. The molecule has 2 N–H and O–H groups in total. The highest BCUT2D eigenvalue weighted by Crippen LogP contribution is 2.27. The van der Waals surface area contributed by atoms with E-state index in [2.05, 4.69) is 11.2 Å². The summed E-state index contributed by atoms with van der Waals surface area (Å²) in [6.07, 6.45) is 11.1. The van der Waals surface area contributed by atoms with E-state index in [0.717, 1.165) is 12.0 Å². The van der Waals surface area contributed by atoms with Gasteiger partial charge in [-0.05, 0) is 25.7 Å². The maximum Gasteiger partial charge on any atom is 0.0542 e. The average molecular weight is 191 g/mol. The summed E-state index contributed by atoms with van der Waals surface area (Å²) in [6.45, 7) is 0. The van der Waals surface area contributed by atoms with E-state index in [-0.39, 0.29) is 6.04 Å². The SMILES string of the molecule is Cn1cc(C(N)C2=CCCCC2)cn1. The first-order chi connectivity index (χ1) is 6.77. The topological polar surface area (TPSA) is 43.8 Å². The molecule has 0 spiro atoms. The molecule has 14 heavy (non-hydrogen) atoms. The summed E-state index contributed by atoms with van der Waals surface area (Å²) in [5.74, 6) is 0. The van der Waals surface area contributed by atoms with Gasteiger partial charge in [0.2, 0.25) is 0 Å². The highest BCUT2D eigenvalue weighted by Gasteiger charge is 2.14. The normalized spacial score (nSPS) is 19.1. The molecule has 1 atom stereocenters. The van der Waals surface area contributed by atoms with Gasteiger partial charge in [0.05, 0.1) is 12.2 Å². The first-order valence-corrected chi connectivity index (χ1v) is 5.20. The Bertz CT molecular complexity index is 338. The Labute approximate surface area is 84.6 Å². The number of hydrogen-bond acceptors (Lipinski definition) is 2. The van der Waals surface area contributed by atoms with E-state index < -0.39 is 0 Å². The standard InChI is InChI=1S/C11H17N3/c1-14-8-10(7-13-14)11(12)9-5-3-2-4-6-9/h5,7-8,11H,2-4,6,12H2,1H3. The van der Waals surface area contributed by atoms with Gasteiger partial charge in [-0.25, -0.2) is 0 Å². The van der Waals surface area contributed by atoms with Gasteiger partial charge >= 0.3 is 0 Å². The molecule has 0 saturated heterocycles.